The van der Waals surface area contributed by atoms with Crippen LogP contribution in [0.15, 0.2) is 48.5 Å². The van der Waals surface area contributed by atoms with Gasteiger partial charge in [0.1, 0.15) is 5.75 Å². The fraction of sp³-hybridized carbons (Fsp3) is 0.500. The Balaban J connectivity index is 1.59. The highest BCUT2D eigenvalue weighted by atomic mass is 16.5. The van der Waals surface area contributed by atoms with Crippen molar-refractivity contribution in [2.45, 2.75) is 77.2 Å². The summed E-state index contributed by atoms with van der Waals surface area (Å²) in [5, 5.41) is 3.16. The summed E-state index contributed by atoms with van der Waals surface area (Å²) in [6.07, 6.45) is 11.6. The number of ether oxygens (including phenoxy) is 1. The number of carbonyl (C=O) groups excluding carboxylic acids is 2. The molecule has 0 atom stereocenters. The number of unbranched alkanes of at least 4 members (excludes halogenated alkanes) is 4. The van der Waals surface area contributed by atoms with E-state index in [4.69, 9.17) is 4.74 Å². The van der Waals surface area contributed by atoms with Crippen molar-refractivity contribution in [3.63, 3.8) is 0 Å². The second kappa shape index (κ2) is 13.0. The number of carbonyl (C=O) groups is 2. The van der Waals surface area contributed by atoms with Crippen molar-refractivity contribution in [1.82, 2.24) is 5.32 Å². The first-order valence-electron chi connectivity index (χ1n) is 12.5. The summed E-state index contributed by atoms with van der Waals surface area (Å²) in [5.41, 5.74) is 1.71. The summed E-state index contributed by atoms with van der Waals surface area (Å²) in [6.45, 7) is 2.90. The van der Waals surface area contributed by atoms with Gasteiger partial charge in [0.15, 0.2) is 0 Å². The lowest BCUT2D eigenvalue weighted by Crippen LogP contribution is -2.37. The third-order valence-corrected chi connectivity index (χ3v) is 6.37. The Kier molecular flexibility index (Phi) is 9.79. The second-order valence-electron chi connectivity index (χ2n) is 8.98. The summed E-state index contributed by atoms with van der Waals surface area (Å²) in [4.78, 5) is 27.6. The van der Waals surface area contributed by atoms with Crippen molar-refractivity contribution >= 4 is 17.5 Å². The third kappa shape index (κ3) is 7.34. The Labute approximate surface area is 198 Å². The predicted molar refractivity (Wildman–Crippen MR) is 134 cm³/mol. The van der Waals surface area contributed by atoms with Gasteiger partial charge in [-0.1, -0.05) is 64.0 Å². The molecule has 0 heterocycles. The standard InChI is InChI=1S/C28H38N2O3/c1-3-4-5-6-12-21-33-24-19-17-22(18-20-24)28(32)30(2)26-16-11-10-15-25(26)27(31)29-23-13-8-7-9-14-23/h10-11,15-20,23H,3-9,12-14,21H2,1-2H3,(H,29,31). The van der Waals surface area contributed by atoms with E-state index >= 15 is 0 Å². The molecular weight excluding hydrogens is 412 g/mol. The molecule has 0 saturated heterocycles. The Morgan fingerprint density at radius 2 is 1.64 bits per heavy atom. The molecule has 0 unspecified atom stereocenters. The van der Waals surface area contributed by atoms with Crippen LogP contribution in [0, 0.1) is 0 Å². The minimum atomic E-state index is -0.154. The van der Waals surface area contributed by atoms with E-state index in [9.17, 15) is 9.59 Å². The maximum atomic E-state index is 13.1. The second-order valence-corrected chi connectivity index (χ2v) is 8.98. The van der Waals surface area contributed by atoms with Gasteiger partial charge in [-0.15, -0.1) is 0 Å². The molecule has 0 aliphatic heterocycles. The Bertz CT molecular complexity index is 888. The van der Waals surface area contributed by atoms with E-state index in [0.717, 1.165) is 37.9 Å². The average molecular weight is 451 g/mol. The van der Waals surface area contributed by atoms with E-state index in [-0.39, 0.29) is 17.9 Å². The van der Waals surface area contributed by atoms with E-state index in [1.165, 1.54) is 32.1 Å². The van der Waals surface area contributed by atoms with Crippen LogP contribution in [0.2, 0.25) is 0 Å². The first-order chi connectivity index (χ1) is 16.1. The minimum Gasteiger partial charge on any atom is -0.494 e. The molecule has 1 aliphatic rings. The summed E-state index contributed by atoms with van der Waals surface area (Å²) in [6, 6.07) is 14.8. The van der Waals surface area contributed by atoms with Crippen LogP contribution in [0.1, 0.15) is 91.8 Å². The number of rotatable bonds is 11. The molecular formula is C28H38N2O3. The highest BCUT2D eigenvalue weighted by molar-refractivity contribution is 6.10. The van der Waals surface area contributed by atoms with E-state index in [0.29, 0.717) is 23.4 Å². The van der Waals surface area contributed by atoms with Gasteiger partial charge in [-0.3, -0.25) is 9.59 Å². The lowest BCUT2D eigenvalue weighted by molar-refractivity contribution is 0.0928. The number of para-hydroxylation sites is 1. The van der Waals surface area contributed by atoms with Gasteiger partial charge in [0.05, 0.1) is 17.9 Å². The lowest BCUT2D eigenvalue weighted by Gasteiger charge is -2.25. The molecule has 5 nitrogen and oxygen atoms in total. The summed E-state index contributed by atoms with van der Waals surface area (Å²) >= 11 is 0. The van der Waals surface area contributed by atoms with Crippen LogP contribution >= 0.6 is 0 Å². The van der Waals surface area contributed by atoms with Gasteiger partial charge in [-0.25, -0.2) is 0 Å². The lowest BCUT2D eigenvalue weighted by atomic mass is 9.95. The molecule has 0 radical (unpaired) electrons. The topological polar surface area (TPSA) is 58.6 Å². The van der Waals surface area contributed by atoms with Crippen LogP contribution in [0.5, 0.6) is 5.75 Å². The fourth-order valence-electron chi connectivity index (χ4n) is 4.36. The zero-order chi connectivity index (χ0) is 23.5. The van der Waals surface area contributed by atoms with Crippen molar-refractivity contribution in [2.75, 3.05) is 18.6 Å². The SMILES string of the molecule is CCCCCCCOc1ccc(C(=O)N(C)c2ccccc2C(=O)NC2CCCCC2)cc1. The number of hydrogen-bond donors (Lipinski definition) is 1. The van der Waals surface area contributed by atoms with E-state index in [1.807, 2.05) is 30.3 Å². The number of nitrogens with one attached hydrogen (secondary N) is 1. The molecule has 0 bridgehead atoms. The first-order valence-corrected chi connectivity index (χ1v) is 12.5. The molecule has 3 rings (SSSR count). The van der Waals surface area contributed by atoms with Gasteiger partial charge in [0, 0.05) is 18.7 Å². The number of nitrogens with zero attached hydrogens (tertiary/aromatic N) is 1. The molecule has 5 heteroatoms. The minimum absolute atomic E-state index is 0.111. The molecule has 0 aromatic heterocycles. The highest BCUT2D eigenvalue weighted by Gasteiger charge is 2.22. The van der Waals surface area contributed by atoms with Crippen molar-refractivity contribution in [3.8, 4) is 5.75 Å². The van der Waals surface area contributed by atoms with Crippen LogP contribution in [-0.4, -0.2) is 31.5 Å². The predicted octanol–water partition coefficient (Wildman–Crippen LogP) is 6.37. The monoisotopic (exact) mass is 450 g/mol. The number of amides is 2. The van der Waals surface area contributed by atoms with Gasteiger partial charge >= 0.3 is 0 Å². The first kappa shape index (κ1) is 24.8. The number of benzene rings is 2. The number of hydrogen-bond acceptors (Lipinski definition) is 3. The fourth-order valence-corrected chi connectivity index (χ4v) is 4.36. The number of anilines is 1. The highest BCUT2D eigenvalue weighted by Crippen LogP contribution is 2.24. The van der Waals surface area contributed by atoms with E-state index in [2.05, 4.69) is 12.2 Å². The zero-order valence-electron chi connectivity index (χ0n) is 20.1. The smallest absolute Gasteiger partial charge is 0.258 e. The Morgan fingerprint density at radius 3 is 2.36 bits per heavy atom. The molecule has 0 spiro atoms. The maximum absolute atomic E-state index is 13.1. The normalized spacial score (nSPS) is 14.0. The summed E-state index contributed by atoms with van der Waals surface area (Å²) in [7, 11) is 1.72. The molecule has 1 saturated carbocycles. The molecule has 178 valence electrons. The summed E-state index contributed by atoms with van der Waals surface area (Å²) in [5.74, 6) is 0.510. The van der Waals surface area contributed by atoms with Crippen molar-refractivity contribution in [1.29, 1.82) is 0 Å². The Morgan fingerprint density at radius 1 is 0.939 bits per heavy atom. The van der Waals surface area contributed by atoms with Gasteiger partial charge in [0.2, 0.25) is 0 Å². The van der Waals surface area contributed by atoms with E-state index in [1.54, 1.807) is 30.1 Å². The largest absolute Gasteiger partial charge is 0.494 e. The molecule has 1 fully saturated rings. The van der Waals surface area contributed by atoms with Crippen LogP contribution in [0.4, 0.5) is 5.69 Å². The van der Waals surface area contributed by atoms with Crippen LogP contribution in [-0.2, 0) is 0 Å². The average Bonchev–Trinajstić information content (AvgIpc) is 2.86. The summed E-state index contributed by atoms with van der Waals surface area (Å²) < 4.78 is 5.81. The third-order valence-electron chi connectivity index (χ3n) is 6.37. The quantitative estimate of drug-likeness (QED) is 0.404. The van der Waals surface area contributed by atoms with Gasteiger partial charge in [0.25, 0.3) is 11.8 Å². The molecule has 2 aromatic rings. The van der Waals surface area contributed by atoms with Crippen molar-refractivity contribution in [2.24, 2.45) is 0 Å². The molecule has 1 aliphatic carbocycles. The van der Waals surface area contributed by atoms with Crippen LogP contribution < -0.4 is 15.0 Å². The van der Waals surface area contributed by atoms with Gasteiger partial charge < -0.3 is 15.0 Å². The molecule has 1 N–H and O–H groups in total. The van der Waals surface area contributed by atoms with Crippen molar-refractivity contribution in [3.05, 3.63) is 59.7 Å². The maximum Gasteiger partial charge on any atom is 0.258 e. The molecule has 33 heavy (non-hydrogen) atoms. The zero-order valence-corrected chi connectivity index (χ0v) is 20.1. The van der Waals surface area contributed by atoms with Crippen LogP contribution in [0.3, 0.4) is 0 Å². The van der Waals surface area contributed by atoms with Crippen molar-refractivity contribution < 1.29 is 14.3 Å². The Hall–Kier alpha value is -2.82. The van der Waals surface area contributed by atoms with Gasteiger partial charge in [-0.05, 0) is 55.7 Å². The van der Waals surface area contributed by atoms with Gasteiger partial charge in [-0.2, -0.15) is 0 Å². The molecule has 2 amide bonds. The van der Waals surface area contributed by atoms with Crippen LogP contribution in [0.25, 0.3) is 0 Å². The molecule has 2 aromatic carbocycles. The van der Waals surface area contributed by atoms with E-state index < -0.39 is 0 Å².